The third-order valence-corrected chi connectivity index (χ3v) is 3.71. The van der Waals surface area contributed by atoms with Gasteiger partial charge in [-0.25, -0.2) is 15.0 Å². The molecule has 0 radical (unpaired) electrons. The number of hydrogen-bond donors (Lipinski definition) is 2. The van der Waals surface area contributed by atoms with Gasteiger partial charge in [0.25, 0.3) is 0 Å². The highest BCUT2D eigenvalue weighted by Gasteiger charge is 2.35. The summed E-state index contributed by atoms with van der Waals surface area (Å²) < 4.78 is 1.73. The monoisotopic (exact) mass is 263 g/mol. The first-order valence-electron chi connectivity index (χ1n) is 6.18. The Labute approximate surface area is 110 Å². The van der Waals surface area contributed by atoms with Gasteiger partial charge in [-0.2, -0.15) is 0 Å². The van der Waals surface area contributed by atoms with E-state index in [1.807, 2.05) is 13.8 Å². The quantitative estimate of drug-likeness (QED) is 0.842. The number of imidazole rings is 1. The molecule has 0 atom stereocenters. The maximum atomic E-state index is 11.5. The van der Waals surface area contributed by atoms with Gasteiger partial charge in [0.05, 0.1) is 11.7 Å². The maximum Gasteiger partial charge on any atom is 0.311 e. The zero-order valence-electron chi connectivity index (χ0n) is 11.0. The van der Waals surface area contributed by atoms with Crippen LogP contribution in [0.3, 0.4) is 0 Å². The van der Waals surface area contributed by atoms with Gasteiger partial charge < -0.3 is 15.4 Å². The molecule has 102 valence electrons. The molecule has 2 aromatic heterocycles. The van der Waals surface area contributed by atoms with Crippen molar-refractivity contribution < 1.29 is 9.90 Å². The van der Waals surface area contributed by atoms with Crippen LogP contribution in [0.15, 0.2) is 12.7 Å². The molecule has 0 aliphatic heterocycles. The maximum absolute atomic E-state index is 11.5. The highest BCUT2D eigenvalue weighted by Crippen LogP contribution is 2.30. The second-order valence-corrected chi connectivity index (χ2v) is 4.60. The number of nitrogens with zero attached hydrogens (tertiary/aromatic N) is 4. The minimum absolute atomic E-state index is 0.303. The number of fused-ring (bicyclic) bond motifs is 1. The first-order chi connectivity index (χ1) is 9.04. The van der Waals surface area contributed by atoms with Crippen LogP contribution in [0.4, 0.5) is 5.82 Å². The number of carboxylic acids is 1. The van der Waals surface area contributed by atoms with E-state index in [2.05, 4.69) is 15.0 Å². The molecule has 2 heterocycles. The van der Waals surface area contributed by atoms with Crippen molar-refractivity contribution in [2.75, 3.05) is 5.73 Å². The van der Waals surface area contributed by atoms with Gasteiger partial charge in [-0.3, -0.25) is 4.79 Å². The first-order valence-corrected chi connectivity index (χ1v) is 6.18. The van der Waals surface area contributed by atoms with E-state index in [1.165, 1.54) is 6.33 Å². The zero-order chi connectivity index (χ0) is 14.0. The second kappa shape index (κ2) is 4.83. The van der Waals surface area contributed by atoms with Crippen LogP contribution in [0.2, 0.25) is 0 Å². The van der Waals surface area contributed by atoms with Crippen molar-refractivity contribution in [3.8, 4) is 0 Å². The number of rotatable bonds is 5. The Balaban J connectivity index is 2.46. The number of nitrogens with two attached hydrogens (primary N) is 1. The highest BCUT2D eigenvalue weighted by atomic mass is 16.4. The van der Waals surface area contributed by atoms with Gasteiger partial charge in [0.2, 0.25) is 0 Å². The van der Waals surface area contributed by atoms with Gasteiger partial charge in [0.15, 0.2) is 11.5 Å². The summed E-state index contributed by atoms with van der Waals surface area (Å²) in [5.74, 6) is -0.501. The Morgan fingerprint density at radius 3 is 2.63 bits per heavy atom. The van der Waals surface area contributed by atoms with Crippen molar-refractivity contribution in [3.63, 3.8) is 0 Å². The van der Waals surface area contributed by atoms with Crippen molar-refractivity contribution >= 4 is 23.0 Å². The van der Waals surface area contributed by atoms with Crippen LogP contribution >= 0.6 is 0 Å². The fourth-order valence-corrected chi connectivity index (χ4v) is 2.18. The Bertz CT molecular complexity index is 603. The van der Waals surface area contributed by atoms with E-state index in [4.69, 9.17) is 5.73 Å². The lowest BCUT2D eigenvalue weighted by Crippen LogP contribution is -2.34. The molecule has 0 aromatic carbocycles. The predicted molar refractivity (Wildman–Crippen MR) is 70.4 cm³/mol. The van der Waals surface area contributed by atoms with Crippen molar-refractivity contribution in [3.05, 3.63) is 12.7 Å². The molecule has 19 heavy (non-hydrogen) atoms. The van der Waals surface area contributed by atoms with Crippen LogP contribution in [0.1, 0.15) is 26.7 Å². The number of nitrogen functional groups attached to an aromatic ring is 1. The highest BCUT2D eigenvalue weighted by molar-refractivity contribution is 5.81. The summed E-state index contributed by atoms with van der Waals surface area (Å²) in [6, 6.07) is 0. The predicted octanol–water partition coefficient (Wildman–Crippen LogP) is 1.30. The largest absolute Gasteiger partial charge is 0.481 e. The van der Waals surface area contributed by atoms with Crippen LogP contribution in [0.5, 0.6) is 0 Å². The smallest absolute Gasteiger partial charge is 0.311 e. The molecule has 7 heteroatoms. The summed E-state index contributed by atoms with van der Waals surface area (Å²) in [5, 5.41) is 9.46. The topological polar surface area (TPSA) is 107 Å². The third-order valence-electron chi connectivity index (χ3n) is 3.71. The molecule has 0 amide bonds. The standard InChI is InChI=1S/C12H17N5O2/c1-3-12(4-2,11(18)19)5-17-7-16-8-9(13)14-6-15-10(8)17/h6-7H,3-5H2,1-2H3,(H,18,19)(H2,13,14,15). The van der Waals surface area contributed by atoms with E-state index in [9.17, 15) is 9.90 Å². The lowest BCUT2D eigenvalue weighted by atomic mass is 9.82. The average molecular weight is 263 g/mol. The summed E-state index contributed by atoms with van der Waals surface area (Å²) in [6.07, 6.45) is 4.01. The molecule has 7 nitrogen and oxygen atoms in total. The van der Waals surface area contributed by atoms with E-state index >= 15 is 0 Å². The van der Waals surface area contributed by atoms with Crippen LogP contribution in [-0.2, 0) is 11.3 Å². The third kappa shape index (κ3) is 2.11. The number of hydrogen-bond acceptors (Lipinski definition) is 5. The Morgan fingerprint density at radius 2 is 2.05 bits per heavy atom. The van der Waals surface area contributed by atoms with E-state index in [1.54, 1.807) is 10.9 Å². The summed E-state index contributed by atoms with van der Waals surface area (Å²) in [7, 11) is 0. The van der Waals surface area contributed by atoms with Crippen molar-refractivity contribution in [1.82, 2.24) is 19.5 Å². The molecule has 0 bridgehead atoms. The molecule has 0 fully saturated rings. The summed E-state index contributed by atoms with van der Waals surface area (Å²) in [6.45, 7) is 4.07. The van der Waals surface area contributed by atoms with Gasteiger partial charge in [0, 0.05) is 6.54 Å². The van der Waals surface area contributed by atoms with E-state index in [-0.39, 0.29) is 0 Å². The molecule has 2 rings (SSSR count). The van der Waals surface area contributed by atoms with Crippen LogP contribution in [-0.4, -0.2) is 30.6 Å². The van der Waals surface area contributed by atoms with Crippen LogP contribution < -0.4 is 5.73 Å². The average Bonchev–Trinajstić information content (AvgIpc) is 2.80. The van der Waals surface area contributed by atoms with Gasteiger partial charge in [-0.05, 0) is 12.8 Å². The number of carboxylic acid groups (broad SMARTS) is 1. The number of anilines is 1. The van der Waals surface area contributed by atoms with E-state index in [0.29, 0.717) is 36.4 Å². The van der Waals surface area contributed by atoms with Crippen molar-refractivity contribution in [2.24, 2.45) is 5.41 Å². The molecule has 2 aromatic rings. The van der Waals surface area contributed by atoms with Crippen LogP contribution in [0, 0.1) is 5.41 Å². The summed E-state index contributed by atoms with van der Waals surface area (Å²) in [4.78, 5) is 23.7. The fraction of sp³-hybridized carbons (Fsp3) is 0.500. The molecular weight excluding hydrogens is 246 g/mol. The molecule has 0 saturated carbocycles. The first kappa shape index (κ1) is 13.3. The molecule has 0 aliphatic carbocycles. The number of aromatic nitrogens is 4. The normalized spacial score (nSPS) is 11.9. The van der Waals surface area contributed by atoms with Gasteiger partial charge in [-0.1, -0.05) is 13.8 Å². The molecular formula is C12H17N5O2. The molecule has 0 unspecified atom stereocenters. The Kier molecular flexibility index (Phi) is 3.37. The van der Waals surface area contributed by atoms with Gasteiger partial charge in [0.1, 0.15) is 11.8 Å². The van der Waals surface area contributed by atoms with Gasteiger partial charge >= 0.3 is 5.97 Å². The summed E-state index contributed by atoms with van der Waals surface area (Å²) in [5.41, 5.74) is 5.98. The Hall–Kier alpha value is -2.18. The number of aliphatic carboxylic acids is 1. The molecule has 0 saturated heterocycles. The van der Waals surface area contributed by atoms with E-state index in [0.717, 1.165) is 0 Å². The lowest BCUT2D eigenvalue weighted by Gasteiger charge is -2.27. The van der Waals surface area contributed by atoms with Gasteiger partial charge in [-0.15, -0.1) is 0 Å². The minimum atomic E-state index is -0.812. The summed E-state index contributed by atoms with van der Waals surface area (Å²) >= 11 is 0. The van der Waals surface area contributed by atoms with Crippen LogP contribution in [0.25, 0.3) is 11.2 Å². The number of carbonyl (C=O) groups is 1. The van der Waals surface area contributed by atoms with Crippen molar-refractivity contribution in [1.29, 1.82) is 0 Å². The SMILES string of the molecule is CCC(CC)(Cn1cnc2c(N)ncnc21)C(=O)O. The zero-order valence-corrected chi connectivity index (χ0v) is 11.0. The van der Waals surface area contributed by atoms with Crippen molar-refractivity contribution in [2.45, 2.75) is 33.2 Å². The molecule has 0 spiro atoms. The lowest BCUT2D eigenvalue weighted by molar-refractivity contribution is -0.150. The minimum Gasteiger partial charge on any atom is -0.481 e. The fourth-order valence-electron chi connectivity index (χ4n) is 2.18. The second-order valence-electron chi connectivity index (χ2n) is 4.60. The molecule has 3 N–H and O–H groups in total. The Morgan fingerprint density at radius 1 is 1.37 bits per heavy atom. The van der Waals surface area contributed by atoms with E-state index < -0.39 is 11.4 Å². The molecule has 0 aliphatic rings.